The van der Waals surface area contributed by atoms with Crippen molar-refractivity contribution in [3.63, 3.8) is 0 Å². The largest absolute Gasteiger partial charge is 0.383 e. The second-order valence-electron chi connectivity index (χ2n) is 6.52. The minimum atomic E-state index is 0.626. The molecule has 0 spiro atoms. The maximum Gasteiger partial charge on any atom is 0.131 e. The van der Waals surface area contributed by atoms with Gasteiger partial charge in [0, 0.05) is 18.0 Å². The van der Waals surface area contributed by atoms with Crippen molar-refractivity contribution in [1.29, 1.82) is 0 Å². The van der Waals surface area contributed by atoms with Crippen LogP contribution in [0, 0.1) is 5.92 Å². The number of imidazole rings is 1. The van der Waals surface area contributed by atoms with Crippen molar-refractivity contribution < 1.29 is 0 Å². The number of rotatable bonds is 5. The highest BCUT2D eigenvalue weighted by molar-refractivity contribution is 5.71. The summed E-state index contributed by atoms with van der Waals surface area (Å²) in [6.07, 6.45) is 3.62. The van der Waals surface area contributed by atoms with E-state index in [1.165, 1.54) is 24.2 Å². The van der Waals surface area contributed by atoms with Crippen LogP contribution in [0.3, 0.4) is 0 Å². The van der Waals surface area contributed by atoms with Crippen molar-refractivity contribution in [2.24, 2.45) is 5.92 Å². The van der Waals surface area contributed by atoms with Gasteiger partial charge in [0.05, 0.1) is 0 Å². The summed E-state index contributed by atoms with van der Waals surface area (Å²) in [5.74, 6) is 3.30. The summed E-state index contributed by atoms with van der Waals surface area (Å²) >= 11 is 0. The average Bonchev–Trinajstić information content (AvgIpc) is 3.23. The molecule has 1 aromatic heterocycles. The Balaban J connectivity index is 1.93. The number of hydrogen-bond donors (Lipinski definition) is 1. The van der Waals surface area contributed by atoms with Gasteiger partial charge >= 0.3 is 0 Å². The molecule has 1 saturated carbocycles. The molecule has 1 aliphatic rings. The Kier molecular flexibility index (Phi) is 3.75. The molecule has 3 rings (SSSR count). The molecule has 3 nitrogen and oxygen atoms in total. The Morgan fingerprint density at radius 3 is 2.43 bits per heavy atom. The molecular weight excluding hydrogens is 258 g/mol. The number of anilines is 1. The van der Waals surface area contributed by atoms with E-state index in [-0.39, 0.29) is 0 Å². The quantitative estimate of drug-likeness (QED) is 0.892. The van der Waals surface area contributed by atoms with Crippen LogP contribution in [0.25, 0.3) is 11.3 Å². The predicted molar refractivity (Wildman–Crippen MR) is 88.3 cm³/mol. The van der Waals surface area contributed by atoms with Gasteiger partial charge in [-0.3, -0.25) is 0 Å². The summed E-state index contributed by atoms with van der Waals surface area (Å²) in [7, 11) is 0. The molecule has 0 bridgehead atoms. The van der Waals surface area contributed by atoms with Crippen LogP contribution >= 0.6 is 0 Å². The van der Waals surface area contributed by atoms with E-state index >= 15 is 0 Å². The van der Waals surface area contributed by atoms with Gasteiger partial charge in [-0.1, -0.05) is 38.1 Å². The van der Waals surface area contributed by atoms with Gasteiger partial charge in [0.25, 0.3) is 0 Å². The van der Waals surface area contributed by atoms with Crippen molar-refractivity contribution in [3.05, 3.63) is 35.7 Å². The maximum atomic E-state index is 6.33. The zero-order valence-corrected chi connectivity index (χ0v) is 13.3. The summed E-state index contributed by atoms with van der Waals surface area (Å²) in [4.78, 5) is 4.84. The van der Waals surface area contributed by atoms with Gasteiger partial charge in [0.2, 0.25) is 0 Å². The van der Waals surface area contributed by atoms with Crippen molar-refractivity contribution in [3.8, 4) is 11.3 Å². The molecule has 1 fully saturated rings. The highest BCUT2D eigenvalue weighted by Crippen LogP contribution is 2.42. The Labute approximate surface area is 127 Å². The fraction of sp³-hybridized carbons (Fsp3) is 0.500. The van der Waals surface area contributed by atoms with E-state index in [0.717, 1.165) is 30.0 Å². The molecule has 0 amide bonds. The number of nitrogen functional groups attached to an aromatic ring is 1. The fourth-order valence-electron chi connectivity index (χ4n) is 2.95. The second kappa shape index (κ2) is 5.55. The molecule has 2 aromatic rings. The molecule has 0 aliphatic heterocycles. The Morgan fingerprint density at radius 1 is 1.24 bits per heavy atom. The summed E-state index contributed by atoms with van der Waals surface area (Å²) in [6.45, 7) is 7.53. The van der Waals surface area contributed by atoms with Crippen LogP contribution in [0.2, 0.25) is 0 Å². The Hall–Kier alpha value is -1.77. The molecule has 0 unspecified atom stereocenters. The third kappa shape index (κ3) is 2.82. The number of benzene rings is 1. The standard InChI is InChI=1S/C18H25N3/c1-4-21-17(19)16(20-18(21)15-9-10-15)14-7-5-13(6-8-14)11-12(2)3/h5-8,12,15H,4,9-11,19H2,1-3H3. The van der Waals surface area contributed by atoms with Gasteiger partial charge in [0.15, 0.2) is 0 Å². The lowest BCUT2D eigenvalue weighted by Crippen LogP contribution is -2.04. The van der Waals surface area contributed by atoms with E-state index in [1.54, 1.807) is 0 Å². The first-order valence-corrected chi connectivity index (χ1v) is 8.05. The van der Waals surface area contributed by atoms with E-state index in [1.807, 2.05) is 0 Å². The third-order valence-corrected chi connectivity index (χ3v) is 4.17. The normalized spacial score (nSPS) is 14.9. The Morgan fingerprint density at radius 2 is 1.90 bits per heavy atom. The van der Waals surface area contributed by atoms with Crippen molar-refractivity contribution in [2.45, 2.75) is 52.5 Å². The molecule has 0 radical (unpaired) electrons. The van der Waals surface area contributed by atoms with Crippen LogP contribution in [-0.2, 0) is 13.0 Å². The minimum Gasteiger partial charge on any atom is -0.383 e. The van der Waals surface area contributed by atoms with Gasteiger partial charge in [-0.15, -0.1) is 0 Å². The fourth-order valence-corrected chi connectivity index (χ4v) is 2.95. The number of nitrogens with zero attached hydrogens (tertiary/aromatic N) is 2. The van der Waals surface area contributed by atoms with E-state index in [0.29, 0.717) is 11.8 Å². The van der Waals surface area contributed by atoms with Crippen molar-refractivity contribution in [1.82, 2.24) is 9.55 Å². The zero-order valence-electron chi connectivity index (χ0n) is 13.3. The number of aromatic nitrogens is 2. The van der Waals surface area contributed by atoms with E-state index in [2.05, 4.69) is 49.6 Å². The van der Waals surface area contributed by atoms with Gasteiger partial charge in [0.1, 0.15) is 17.3 Å². The van der Waals surface area contributed by atoms with Gasteiger partial charge < -0.3 is 10.3 Å². The van der Waals surface area contributed by atoms with Gasteiger partial charge in [-0.2, -0.15) is 0 Å². The van der Waals surface area contributed by atoms with Crippen LogP contribution in [-0.4, -0.2) is 9.55 Å². The highest BCUT2D eigenvalue weighted by atomic mass is 15.1. The molecule has 112 valence electrons. The van der Waals surface area contributed by atoms with Crippen LogP contribution in [0.15, 0.2) is 24.3 Å². The molecule has 1 aromatic carbocycles. The van der Waals surface area contributed by atoms with Crippen LogP contribution < -0.4 is 5.73 Å². The van der Waals surface area contributed by atoms with Crippen molar-refractivity contribution >= 4 is 5.82 Å². The first-order valence-electron chi connectivity index (χ1n) is 8.05. The second-order valence-corrected chi connectivity index (χ2v) is 6.52. The molecule has 0 atom stereocenters. The molecule has 2 N–H and O–H groups in total. The summed E-state index contributed by atoms with van der Waals surface area (Å²) < 4.78 is 2.18. The Bertz CT molecular complexity index is 619. The van der Waals surface area contributed by atoms with Crippen LogP contribution in [0.5, 0.6) is 0 Å². The third-order valence-electron chi connectivity index (χ3n) is 4.17. The maximum absolute atomic E-state index is 6.33. The monoisotopic (exact) mass is 283 g/mol. The van der Waals surface area contributed by atoms with Crippen molar-refractivity contribution in [2.75, 3.05) is 5.73 Å². The molecule has 1 heterocycles. The first kappa shape index (κ1) is 14.2. The predicted octanol–water partition coefficient (Wildman–Crippen LogP) is 4.23. The minimum absolute atomic E-state index is 0.626. The van der Waals surface area contributed by atoms with E-state index in [4.69, 9.17) is 10.7 Å². The number of nitrogens with two attached hydrogens (primary N) is 1. The van der Waals surface area contributed by atoms with Crippen LogP contribution in [0.4, 0.5) is 5.82 Å². The van der Waals surface area contributed by atoms with Gasteiger partial charge in [-0.25, -0.2) is 4.98 Å². The van der Waals surface area contributed by atoms with E-state index < -0.39 is 0 Å². The smallest absolute Gasteiger partial charge is 0.131 e. The SMILES string of the molecule is CCn1c(C2CC2)nc(-c2ccc(CC(C)C)cc2)c1N. The molecule has 3 heteroatoms. The molecule has 0 saturated heterocycles. The number of hydrogen-bond acceptors (Lipinski definition) is 2. The average molecular weight is 283 g/mol. The summed E-state index contributed by atoms with van der Waals surface area (Å²) in [5.41, 5.74) is 9.80. The topological polar surface area (TPSA) is 43.8 Å². The molecular formula is C18H25N3. The molecule has 1 aliphatic carbocycles. The lowest BCUT2D eigenvalue weighted by Gasteiger charge is -2.07. The lowest BCUT2D eigenvalue weighted by atomic mass is 10.0. The zero-order chi connectivity index (χ0) is 15.0. The van der Waals surface area contributed by atoms with Crippen LogP contribution in [0.1, 0.15) is 50.9 Å². The highest BCUT2D eigenvalue weighted by Gasteiger charge is 2.30. The summed E-state index contributed by atoms with van der Waals surface area (Å²) in [5, 5.41) is 0. The first-order chi connectivity index (χ1) is 10.1. The summed E-state index contributed by atoms with van der Waals surface area (Å²) in [6, 6.07) is 8.73. The molecule has 21 heavy (non-hydrogen) atoms. The van der Waals surface area contributed by atoms with Gasteiger partial charge in [-0.05, 0) is 37.7 Å². The van der Waals surface area contributed by atoms with E-state index in [9.17, 15) is 0 Å². The lowest BCUT2D eigenvalue weighted by molar-refractivity contribution is 0.647.